The second-order valence-corrected chi connectivity index (χ2v) is 9.59. The zero-order valence-corrected chi connectivity index (χ0v) is 15.0. The van der Waals surface area contributed by atoms with Crippen LogP contribution < -0.4 is 0 Å². The summed E-state index contributed by atoms with van der Waals surface area (Å²) in [6, 6.07) is 8.45. The molecule has 0 atom stereocenters. The predicted molar refractivity (Wildman–Crippen MR) is 69.9 cm³/mol. The molecule has 0 spiro atoms. The van der Waals surface area contributed by atoms with Gasteiger partial charge in [0.2, 0.25) is 0 Å². The molecule has 0 unspecified atom stereocenters. The van der Waals surface area contributed by atoms with E-state index < -0.39 is 19.5 Å². The van der Waals surface area contributed by atoms with Crippen molar-refractivity contribution in [2.45, 2.75) is 20.3 Å². The molecule has 0 bridgehead atoms. The first-order chi connectivity index (χ1) is 8.74. The van der Waals surface area contributed by atoms with E-state index in [1.807, 2.05) is 12.2 Å². The Bertz CT molecular complexity index is 451. The second kappa shape index (κ2) is 7.75. The Morgan fingerprint density at radius 3 is 1.52 bits per heavy atom. The average molecular weight is 463 g/mol. The summed E-state index contributed by atoms with van der Waals surface area (Å²) in [6.45, 7) is 4.21. The van der Waals surface area contributed by atoms with Crippen LogP contribution in [0.1, 0.15) is 17.5 Å². The molecule has 0 saturated carbocycles. The van der Waals surface area contributed by atoms with E-state index in [0.717, 1.165) is 6.42 Å². The van der Waals surface area contributed by atoms with Crippen LogP contribution in [0.2, 0.25) is 0 Å². The Morgan fingerprint density at radius 2 is 1.38 bits per heavy atom. The summed E-state index contributed by atoms with van der Waals surface area (Å²) in [4.78, 5) is 0. The van der Waals surface area contributed by atoms with Gasteiger partial charge in [0.1, 0.15) is 0 Å². The minimum atomic E-state index is -11.2. The fourth-order valence-corrected chi connectivity index (χ4v) is 1.15. The van der Waals surface area contributed by atoms with Gasteiger partial charge in [-0.2, -0.15) is 6.08 Å². The number of allylic oxidation sites excluding steroid dienone is 4. The Kier molecular flexibility index (Phi) is 8.45. The smallest absolute Gasteiger partial charge is 3.00 e. The molecule has 1 aromatic carbocycles. The Morgan fingerprint density at radius 1 is 0.952 bits per heavy atom. The van der Waals surface area contributed by atoms with Crippen molar-refractivity contribution < 1.29 is 33.9 Å². The third-order valence-corrected chi connectivity index (χ3v) is 1.76. The number of benzene rings is 1. The maximum absolute atomic E-state index is 11.2. The van der Waals surface area contributed by atoms with Gasteiger partial charge in [0.05, 0.1) is 0 Å². The molecule has 0 aliphatic heterocycles. The van der Waals surface area contributed by atoms with E-state index in [0.29, 0.717) is 0 Å². The van der Waals surface area contributed by atoms with Crippen molar-refractivity contribution in [1.82, 2.24) is 0 Å². The van der Waals surface area contributed by atoms with Gasteiger partial charge in [-0.05, 0) is 13.8 Å². The van der Waals surface area contributed by atoms with Crippen LogP contribution in [0.4, 0.5) is 16.9 Å². The monoisotopic (exact) mass is 462 g/mol. The van der Waals surface area contributed by atoms with Gasteiger partial charge in [-0.3, -0.25) is 6.08 Å². The minimum Gasteiger partial charge on any atom is 3.00 e. The maximum atomic E-state index is 9.93. The molecule has 0 nitrogen and oxygen atoms in total. The van der Waals surface area contributed by atoms with Crippen molar-refractivity contribution in [2.24, 2.45) is 0 Å². The fraction of sp³-hybridized carbons (Fsp3) is 0.231. The van der Waals surface area contributed by atoms with Crippen LogP contribution in [0, 0.1) is 19.9 Å². The summed E-state index contributed by atoms with van der Waals surface area (Å²) in [6.07, 6.45) is 10.0. The molecule has 0 saturated heterocycles. The van der Waals surface area contributed by atoms with E-state index in [9.17, 15) is 16.9 Å². The fourth-order valence-electron chi connectivity index (χ4n) is 1.15. The summed E-state index contributed by atoms with van der Waals surface area (Å²) < 4.78 is 59.6. The number of rotatable bonds is 0. The Hall–Kier alpha value is -0.382. The average Bonchev–Trinajstić information content (AvgIpc) is 2.68. The SMILES string of the molecule is Cc1cccc(C)c1.[C-]1=CC=CC1.[F][Sb-]([F])([F])([F])([F])[F].[Fe+3]. The molecule has 0 fully saturated rings. The zero-order chi connectivity index (χ0) is 15.9. The van der Waals surface area contributed by atoms with Gasteiger partial charge in [0, 0.05) is 0 Å². The molecule has 0 aromatic heterocycles. The first-order valence-corrected chi connectivity index (χ1v) is 11.3. The summed E-state index contributed by atoms with van der Waals surface area (Å²) in [5.74, 6) is 0. The summed E-state index contributed by atoms with van der Waals surface area (Å²) in [5.41, 5.74) is 2.68. The topological polar surface area (TPSA) is 0 Å². The van der Waals surface area contributed by atoms with E-state index in [2.05, 4.69) is 50.3 Å². The standard InChI is InChI=1S/C8H10.C5H5.6FH.Fe.Sb/c1-7-4-3-5-8(2)6-7;1-2-4-5-3-1;;;;;;;;/h3-6H,1-2H3;1-3H,4H2;6*1H;;/q;-1;;;;;;;+3;+5/p-6. The molecule has 1 aliphatic rings. The van der Waals surface area contributed by atoms with Gasteiger partial charge in [0.15, 0.2) is 0 Å². The van der Waals surface area contributed by atoms with Gasteiger partial charge < -0.3 is 0 Å². The second-order valence-electron chi connectivity index (χ2n) is 4.12. The summed E-state index contributed by atoms with van der Waals surface area (Å²) >= 11 is -11.2. The summed E-state index contributed by atoms with van der Waals surface area (Å²) in [5, 5.41) is 0. The van der Waals surface area contributed by atoms with Crippen molar-refractivity contribution in [2.75, 3.05) is 0 Å². The van der Waals surface area contributed by atoms with Crippen LogP contribution in [0.5, 0.6) is 0 Å². The molecule has 0 N–H and O–H groups in total. The van der Waals surface area contributed by atoms with Crippen LogP contribution in [-0.4, -0.2) is 19.5 Å². The van der Waals surface area contributed by atoms with Gasteiger partial charge in [-0.15, -0.1) is 6.42 Å². The molecule has 0 amide bonds. The largest absolute Gasteiger partial charge is 3.00 e. The van der Waals surface area contributed by atoms with E-state index in [4.69, 9.17) is 0 Å². The van der Waals surface area contributed by atoms with Crippen LogP contribution in [-0.2, 0) is 17.1 Å². The van der Waals surface area contributed by atoms with Crippen LogP contribution >= 0.6 is 0 Å². The van der Waals surface area contributed by atoms with Crippen molar-refractivity contribution in [3.63, 3.8) is 0 Å². The van der Waals surface area contributed by atoms with Crippen molar-refractivity contribution in [1.29, 1.82) is 0 Å². The van der Waals surface area contributed by atoms with Crippen molar-refractivity contribution in [3.05, 3.63) is 59.7 Å². The summed E-state index contributed by atoms with van der Waals surface area (Å²) in [7, 11) is 0. The van der Waals surface area contributed by atoms with E-state index in [-0.39, 0.29) is 17.1 Å². The maximum Gasteiger partial charge on any atom is 3.00 e. The molecule has 1 aliphatic carbocycles. The molecule has 1 radical (unpaired) electrons. The van der Waals surface area contributed by atoms with Crippen LogP contribution in [0.3, 0.4) is 0 Å². The van der Waals surface area contributed by atoms with Crippen LogP contribution in [0.25, 0.3) is 0 Å². The normalized spacial score (nSPS) is 15.4. The van der Waals surface area contributed by atoms with E-state index in [1.54, 1.807) is 0 Å². The van der Waals surface area contributed by atoms with Crippen molar-refractivity contribution >= 4 is 19.5 Å². The zero-order valence-electron chi connectivity index (χ0n) is 11.3. The molecule has 0 heterocycles. The first-order valence-electron chi connectivity index (χ1n) is 5.55. The molecular weight excluding hydrogens is 448 g/mol. The third kappa shape index (κ3) is 28.5. The molecular formula is C13H15F6FeSb+. The van der Waals surface area contributed by atoms with E-state index in [1.165, 1.54) is 11.1 Å². The Labute approximate surface area is 133 Å². The molecule has 2 rings (SSSR count). The first kappa shape index (κ1) is 22.9. The Balaban J connectivity index is 0. The minimum absolute atomic E-state index is 0. The third-order valence-electron chi connectivity index (χ3n) is 1.76. The number of hydrogen-bond donors (Lipinski definition) is 0. The van der Waals surface area contributed by atoms with Gasteiger partial charge in [0.25, 0.3) is 0 Å². The van der Waals surface area contributed by atoms with E-state index >= 15 is 0 Å². The molecule has 121 valence electrons. The quantitative estimate of drug-likeness (QED) is 0.262. The predicted octanol–water partition coefficient (Wildman–Crippen LogP) is 5.75. The number of aryl methyl sites for hydroxylation is 2. The van der Waals surface area contributed by atoms with Crippen molar-refractivity contribution in [3.8, 4) is 0 Å². The number of hydrogen-bond acceptors (Lipinski definition) is 0. The van der Waals surface area contributed by atoms with Gasteiger partial charge >= 0.3 is 53.4 Å². The van der Waals surface area contributed by atoms with Gasteiger partial charge in [-0.25, -0.2) is 12.2 Å². The van der Waals surface area contributed by atoms with Gasteiger partial charge in [-0.1, -0.05) is 35.4 Å². The number of halogens is 6. The van der Waals surface area contributed by atoms with Crippen LogP contribution in [0.15, 0.2) is 42.5 Å². The molecule has 8 heteroatoms. The molecule has 21 heavy (non-hydrogen) atoms. The molecule has 1 aromatic rings.